The summed E-state index contributed by atoms with van der Waals surface area (Å²) >= 11 is 0. The monoisotopic (exact) mass is 443 g/mol. The summed E-state index contributed by atoms with van der Waals surface area (Å²) in [6.07, 6.45) is 0. The van der Waals surface area contributed by atoms with Crippen LogP contribution >= 0.6 is 0 Å². The van der Waals surface area contributed by atoms with Crippen LogP contribution in [-0.2, 0) is 20.1 Å². The van der Waals surface area contributed by atoms with E-state index in [0.717, 1.165) is 22.7 Å². The van der Waals surface area contributed by atoms with Gasteiger partial charge in [0.15, 0.2) is 0 Å². The van der Waals surface area contributed by atoms with Crippen LogP contribution in [0, 0.1) is 11.3 Å². The van der Waals surface area contributed by atoms with E-state index in [-0.39, 0.29) is 20.1 Å². The Morgan fingerprint density at radius 3 is 2.15 bits per heavy atom. The number of benzene rings is 2. The third-order valence-electron chi connectivity index (χ3n) is 2.80. The smallest absolute Gasteiger partial charge is 0.119 e. The first kappa shape index (κ1) is 16.1. The van der Waals surface area contributed by atoms with E-state index in [0.29, 0.717) is 5.56 Å². The number of nitrogens with zero attached hydrogens (tertiary/aromatic N) is 2. The van der Waals surface area contributed by atoms with Crippen LogP contribution in [0.4, 0.5) is 5.69 Å². The van der Waals surface area contributed by atoms with Crippen molar-refractivity contribution in [1.82, 2.24) is 0 Å². The molecular weight excluding hydrogens is 428 g/mol. The van der Waals surface area contributed by atoms with Crippen LogP contribution in [-0.4, -0.2) is 12.8 Å². The van der Waals surface area contributed by atoms with Crippen molar-refractivity contribution in [3.63, 3.8) is 0 Å². The summed E-state index contributed by atoms with van der Waals surface area (Å²) in [6.45, 7) is 1.95. The van der Waals surface area contributed by atoms with Crippen LogP contribution in [0.3, 0.4) is 0 Å². The Morgan fingerprint density at radius 1 is 1.05 bits per heavy atom. The Balaban J connectivity index is 0.00000200. The summed E-state index contributed by atoms with van der Waals surface area (Å²) in [5.74, 6) is 0.815. The first-order chi connectivity index (χ1) is 9.22. The number of methoxy groups -OCH3 is 1. The Hall–Kier alpha value is -1.95. The molecule has 2 aromatic carbocycles. The second-order valence-corrected chi connectivity index (χ2v) is 4.08. The molecule has 0 atom stereocenters. The van der Waals surface area contributed by atoms with Crippen LogP contribution in [0.2, 0.25) is 0 Å². The zero-order valence-corrected chi connectivity index (χ0v) is 13.6. The van der Waals surface area contributed by atoms with Crippen LogP contribution in [0.5, 0.6) is 5.75 Å². The van der Waals surface area contributed by atoms with Crippen molar-refractivity contribution in [2.24, 2.45) is 4.99 Å². The van der Waals surface area contributed by atoms with Gasteiger partial charge in [-0.05, 0) is 48.9 Å². The van der Waals surface area contributed by atoms with Gasteiger partial charge in [-0.15, -0.1) is 0 Å². The van der Waals surface area contributed by atoms with Gasteiger partial charge < -0.3 is 4.74 Å². The molecule has 3 nitrogen and oxygen atoms in total. The average molecular weight is 443 g/mol. The Labute approximate surface area is 132 Å². The fourth-order valence-corrected chi connectivity index (χ4v) is 1.70. The van der Waals surface area contributed by atoms with Gasteiger partial charge in [0.1, 0.15) is 5.75 Å². The first-order valence-corrected chi connectivity index (χ1v) is 5.93. The molecule has 20 heavy (non-hydrogen) atoms. The molecular formula is C16H14IrN2O. The Morgan fingerprint density at radius 2 is 1.65 bits per heavy atom. The topological polar surface area (TPSA) is 45.4 Å². The summed E-state index contributed by atoms with van der Waals surface area (Å²) in [5, 5.41) is 8.76. The molecule has 0 saturated heterocycles. The van der Waals surface area contributed by atoms with E-state index >= 15 is 0 Å². The van der Waals surface area contributed by atoms with Gasteiger partial charge in [-0.2, -0.15) is 5.26 Å². The van der Waals surface area contributed by atoms with Gasteiger partial charge in [0.25, 0.3) is 0 Å². The van der Waals surface area contributed by atoms with Crippen molar-refractivity contribution in [1.29, 1.82) is 5.26 Å². The molecule has 2 aromatic rings. The largest absolute Gasteiger partial charge is 0.497 e. The van der Waals surface area contributed by atoms with Crippen LogP contribution in [0.25, 0.3) is 0 Å². The van der Waals surface area contributed by atoms with Gasteiger partial charge in [-0.1, -0.05) is 12.1 Å². The van der Waals surface area contributed by atoms with E-state index in [1.54, 1.807) is 19.2 Å². The van der Waals surface area contributed by atoms with Crippen molar-refractivity contribution in [3.8, 4) is 11.8 Å². The fraction of sp³-hybridized carbons (Fsp3) is 0.125. The maximum Gasteiger partial charge on any atom is 0.119 e. The van der Waals surface area contributed by atoms with Crippen molar-refractivity contribution in [3.05, 3.63) is 59.7 Å². The molecule has 1 radical (unpaired) electrons. The maximum atomic E-state index is 8.76. The van der Waals surface area contributed by atoms with Crippen molar-refractivity contribution < 1.29 is 24.8 Å². The van der Waals surface area contributed by atoms with E-state index in [1.165, 1.54) is 0 Å². The number of aliphatic imine (C=N–C) groups is 1. The second kappa shape index (κ2) is 7.59. The standard InChI is InChI=1S/C16H14N2O.Ir/c1-12(14-5-3-13(11-17)4-6-14)18-15-7-9-16(19-2)10-8-15;/h3-10H,1-2H3;/b18-12+;. The van der Waals surface area contributed by atoms with Crippen molar-refractivity contribution in [2.75, 3.05) is 7.11 Å². The molecule has 2 rings (SSSR count). The molecule has 0 aromatic heterocycles. The van der Waals surface area contributed by atoms with Gasteiger partial charge in [0, 0.05) is 25.8 Å². The van der Waals surface area contributed by atoms with E-state index in [2.05, 4.69) is 11.1 Å². The predicted molar refractivity (Wildman–Crippen MR) is 76.0 cm³/mol. The quantitative estimate of drug-likeness (QED) is 0.681. The second-order valence-electron chi connectivity index (χ2n) is 4.08. The number of ether oxygens (including phenoxy) is 1. The van der Waals surface area contributed by atoms with Gasteiger partial charge in [-0.25, -0.2) is 0 Å². The molecule has 0 amide bonds. The zero-order chi connectivity index (χ0) is 13.7. The Kier molecular flexibility index (Phi) is 6.11. The number of hydrogen-bond donors (Lipinski definition) is 0. The zero-order valence-electron chi connectivity index (χ0n) is 11.3. The van der Waals surface area contributed by atoms with Crippen molar-refractivity contribution in [2.45, 2.75) is 6.92 Å². The molecule has 0 fully saturated rings. The summed E-state index contributed by atoms with van der Waals surface area (Å²) in [4.78, 5) is 4.54. The van der Waals surface area contributed by atoms with Gasteiger partial charge in [0.2, 0.25) is 0 Å². The van der Waals surface area contributed by atoms with Crippen LogP contribution < -0.4 is 4.74 Å². The average Bonchev–Trinajstić information content (AvgIpc) is 2.48. The molecule has 0 bridgehead atoms. The molecule has 0 spiro atoms. The molecule has 0 heterocycles. The normalized spacial score (nSPS) is 10.3. The van der Waals surface area contributed by atoms with Gasteiger partial charge in [0.05, 0.1) is 24.4 Å². The summed E-state index contributed by atoms with van der Waals surface area (Å²) < 4.78 is 5.11. The molecule has 0 aliphatic heterocycles. The predicted octanol–water partition coefficient (Wildman–Crippen LogP) is 3.71. The Bertz CT molecular complexity index is 625. The molecule has 103 valence electrons. The third kappa shape index (κ3) is 4.03. The first-order valence-electron chi connectivity index (χ1n) is 5.93. The molecule has 0 unspecified atom stereocenters. The summed E-state index contributed by atoms with van der Waals surface area (Å²) in [6, 6.07) is 17.1. The van der Waals surface area contributed by atoms with E-state index < -0.39 is 0 Å². The molecule has 0 aliphatic rings. The van der Waals surface area contributed by atoms with Crippen molar-refractivity contribution >= 4 is 11.4 Å². The number of nitriles is 1. The third-order valence-corrected chi connectivity index (χ3v) is 2.80. The summed E-state index contributed by atoms with van der Waals surface area (Å²) in [7, 11) is 1.64. The summed E-state index contributed by atoms with van der Waals surface area (Å²) in [5.41, 5.74) is 3.45. The fourth-order valence-electron chi connectivity index (χ4n) is 1.70. The van der Waals surface area contributed by atoms with E-state index in [9.17, 15) is 0 Å². The minimum atomic E-state index is 0. The van der Waals surface area contributed by atoms with Gasteiger partial charge in [-0.3, -0.25) is 4.99 Å². The molecule has 0 N–H and O–H groups in total. The van der Waals surface area contributed by atoms with Gasteiger partial charge >= 0.3 is 0 Å². The minimum absolute atomic E-state index is 0. The minimum Gasteiger partial charge on any atom is -0.497 e. The molecule has 0 aliphatic carbocycles. The number of rotatable bonds is 3. The number of hydrogen-bond acceptors (Lipinski definition) is 3. The van der Waals surface area contributed by atoms with E-state index in [4.69, 9.17) is 10.00 Å². The molecule has 0 saturated carbocycles. The van der Waals surface area contributed by atoms with Crippen LogP contribution in [0.1, 0.15) is 18.1 Å². The van der Waals surface area contributed by atoms with Crippen LogP contribution in [0.15, 0.2) is 53.5 Å². The maximum absolute atomic E-state index is 8.76. The van der Waals surface area contributed by atoms with E-state index in [1.807, 2.05) is 43.3 Å². The molecule has 4 heteroatoms. The SMILES string of the molecule is COc1ccc(/N=C(\C)c2ccc(C#N)cc2)cc1.[Ir].